The number of halogens is 1. The van der Waals surface area contributed by atoms with Gasteiger partial charge in [0, 0.05) is 12.0 Å². The molecule has 0 radical (unpaired) electrons. The molecule has 3 aliphatic rings. The molecule has 1 N–H and O–H groups in total. The van der Waals surface area contributed by atoms with Crippen molar-refractivity contribution in [3.63, 3.8) is 0 Å². The van der Waals surface area contributed by atoms with Crippen LogP contribution in [0.5, 0.6) is 0 Å². The van der Waals surface area contributed by atoms with Crippen molar-refractivity contribution >= 4 is 17.0 Å². The Balaban J connectivity index is 0.000000853. The zero-order valence-electron chi connectivity index (χ0n) is 8.91. The summed E-state index contributed by atoms with van der Waals surface area (Å²) >= 11 is 0. The average Bonchev–Trinajstić information content (AvgIpc) is 2.29. The molecule has 0 aromatic rings. The Labute approximate surface area is 102 Å². The van der Waals surface area contributed by atoms with Crippen molar-refractivity contribution in [1.29, 1.82) is 0 Å². The van der Waals surface area contributed by atoms with E-state index in [9.17, 15) is 0 Å². The van der Waals surface area contributed by atoms with Gasteiger partial charge in [0.05, 0.1) is 0 Å². The molecule has 1 fully saturated rings. The lowest BCUT2D eigenvalue weighted by Gasteiger charge is -2.36. The Morgan fingerprint density at radius 3 is 3.07 bits per heavy atom. The fraction of sp³-hybridized carbons (Fsp3) is 0.538. The Kier molecular flexibility index (Phi) is 3.47. The Hall–Kier alpha value is -0.340. The van der Waals surface area contributed by atoms with Crippen LogP contribution < -0.4 is 5.32 Å². The van der Waals surface area contributed by atoms with Crippen LogP contribution in [-0.2, 0) is 0 Å². The molecule has 1 nitrogen and oxygen atoms in total. The molecular weight excluding hydrogens is 250 g/mol. The zero-order valence-corrected chi connectivity index (χ0v) is 10.6. The molecule has 0 saturated carbocycles. The van der Waals surface area contributed by atoms with Crippen LogP contribution in [0.2, 0.25) is 0 Å². The Morgan fingerprint density at radius 1 is 1.20 bits per heavy atom. The van der Waals surface area contributed by atoms with Crippen LogP contribution in [0.4, 0.5) is 0 Å². The Bertz CT molecular complexity index is 327. The summed E-state index contributed by atoms with van der Waals surface area (Å²) in [4.78, 5) is 0. The molecular formula is C13H18BrN. The van der Waals surface area contributed by atoms with Crippen molar-refractivity contribution < 1.29 is 0 Å². The molecule has 0 aromatic heterocycles. The standard InChI is InChI=1S/C13H17N.BrH/c1-2-5-11-10(4-1)7-8-13-12(11)6-3-9-14-13;/h1-2,4-5,10,13-14H,3,6-9H2;1H. The molecule has 0 aromatic carbocycles. The van der Waals surface area contributed by atoms with Crippen molar-refractivity contribution in [1.82, 2.24) is 5.32 Å². The number of nitrogens with one attached hydrogen (secondary N) is 1. The van der Waals surface area contributed by atoms with E-state index in [4.69, 9.17) is 0 Å². The van der Waals surface area contributed by atoms with E-state index in [-0.39, 0.29) is 17.0 Å². The SMILES string of the molecule is Br.C1=CC2=C3CCCNC3CCC2C=C1. The van der Waals surface area contributed by atoms with Crippen LogP contribution in [0.15, 0.2) is 35.5 Å². The lowest BCUT2D eigenvalue weighted by molar-refractivity contribution is 0.410. The van der Waals surface area contributed by atoms with Crippen molar-refractivity contribution in [3.05, 3.63) is 35.5 Å². The van der Waals surface area contributed by atoms with Crippen LogP contribution in [0, 0.1) is 5.92 Å². The van der Waals surface area contributed by atoms with E-state index < -0.39 is 0 Å². The first-order valence-corrected chi connectivity index (χ1v) is 5.76. The molecule has 0 spiro atoms. The predicted octanol–water partition coefficient (Wildman–Crippen LogP) is 3.15. The molecule has 3 rings (SSSR count). The van der Waals surface area contributed by atoms with Crippen LogP contribution >= 0.6 is 17.0 Å². The van der Waals surface area contributed by atoms with Crippen LogP contribution in [0.25, 0.3) is 0 Å². The summed E-state index contributed by atoms with van der Waals surface area (Å²) in [6.07, 6.45) is 14.4. The molecule has 2 atom stereocenters. The first-order chi connectivity index (χ1) is 6.95. The van der Waals surface area contributed by atoms with Gasteiger partial charge < -0.3 is 5.32 Å². The molecule has 2 aliphatic carbocycles. The number of hydrogen-bond donors (Lipinski definition) is 1. The van der Waals surface area contributed by atoms with Crippen molar-refractivity contribution in [3.8, 4) is 0 Å². The van der Waals surface area contributed by atoms with E-state index in [2.05, 4.69) is 29.6 Å². The third kappa shape index (κ3) is 1.98. The maximum absolute atomic E-state index is 3.64. The molecule has 0 amide bonds. The monoisotopic (exact) mass is 267 g/mol. The topological polar surface area (TPSA) is 12.0 Å². The largest absolute Gasteiger partial charge is 0.310 e. The lowest BCUT2D eigenvalue weighted by Crippen LogP contribution is -2.39. The van der Waals surface area contributed by atoms with Crippen molar-refractivity contribution in [2.75, 3.05) is 6.54 Å². The summed E-state index contributed by atoms with van der Waals surface area (Å²) in [7, 11) is 0. The van der Waals surface area contributed by atoms with Crippen LogP contribution in [-0.4, -0.2) is 12.6 Å². The van der Waals surface area contributed by atoms with Gasteiger partial charge in [-0.1, -0.05) is 24.3 Å². The second-order valence-electron chi connectivity index (χ2n) is 4.52. The van der Waals surface area contributed by atoms with E-state index >= 15 is 0 Å². The van der Waals surface area contributed by atoms with Gasteiger partial charge >= 0.3 is 0 Å². The van der Waals surface area contributed by atoms with Gasteiger partial charge in [-0.05, 0) is 43.4 Å². The molecule has 15 heavy (non-hydrogen) atoms. The highest BCUT2D eigenvalue weighted by molar-refractivity contribution is 8.93. The molecule has 1 aliphatic heterocycles. The summed E-state index contributed by atoms with van der Waals surface area (Å²) in [6.45, 7) is 1.21. The van der Waals surface area contributed by atoms with Gasteiger partial charge in [0.2, 0.25) is 0 Å². The molecule has 2 unspecified atom stereocenters. The highest BCUT2D eigenvalue weighted by Gasteiger charge is 2.29. The van der Waals surface area contributed by atoms with Gasteiger partial charge in [-0.15, -0.1) is 17.0 Å². The second-order valence-corrected chi connectivity index (χ2v) is 4.52. The molecule has 1 heterocycles. The average molecular weight is 268 g/mol. The van der Waals surface area contributed by atoms with Crippen LogP contribution in [0.1, 0.15) is 25.7 Å². The summed E-state index contributed by atoms with van der Waals surface area (Å²) in [5.41, 5.74) is 3.32. The predicted molar refractivity (Wildman–Crippen MR) is 69.4 cm³/mol. The van der Waals surface area contributed by atoms with Gasteiger partial charge in [0.25, 0.3) is 0 Å². The third-order valence-electron chi connectivity index (χ3n) is 3.70. The van der Waals surface area contributed by atoms with Gasteiger partial charge in [-0.2, -0.15) is 0 Å². The minimum atomic E-state index is 0. The lowest BCUT2D eigenvalue weighted by atomic mass is 9.75. The molecule has 2 heteroatoms. The van der Waals surface area contributed by atoms with Gasteiger partial charge in [0.15, 0.2) is 0 Å². The molecule has 82 valence electrons. The van der Waals surface area contributed by atoms with Gasteiger partial charge in [-0.25, -0.2) is 0 Å². The number of fused-ring (bicyclic) bond motifs is 2. The number of rotatable bonds is 0. The number of hydrogen-bond acceptors (Lipinski definition) is 1. The number of piperidine rings is 1. The smallest absolute Gasteiger partial charge is 0.0285 e. The third-order valence-corrected chi connectivity index (χ3v) is 3.70. The van der Waals surface area contributed by atoms with Crippen molar-refractivity contribution in [2.45, 2.75) is 31.7 Å². The maximum atomic E-state index is 3.64. The highest BCUT2D eigenvalue weighted by Crippen LogP contribution is 2.37. The highest BCUT2D eigenvalue weighted by atomic mass is 79.9. The van der Waals surface area contributed by atoms with Gasteiger partial charge in [-0.3, -0.25) is 0 Å². The van der Waals surface area contributed by atoms with Crippen molar-refractivity contribution in [2.24, 2.45) is 5.92 Å². The van der Waals surface area contributed by atoms with Gasteiger partial charge in [0.1, 0.15) is 0 Å². The number of allylic oxidation sites excluding steroid dienone is 5. The second kappa shape index (κ2) is 4.67. The molecule has 1 saturated heterocycles. The normalized spacial score (nSPS) is 33.1. The van der Waals surface area contributed by atoms with E-state index in [0.29, 0.717) is 6.04 Å². The fourth-order valence-corrected chi connectivity index (χ4v) is 3.00. The first-order valence-electron chi connectivity index (χ1n) is 5.76. The minimum Gasteiger partial charge on any atom is -0.310 e. The summed E-state index contributed by atoms with van der Waals surface area (Å²) in [5, 5.41) is 3.64. The summed E-state index contributed by atoms with van der Waals surface area (Å²) < 4.78 is 0. The quantitative estimate of drug-likeness (QED) is 0.711. The van der Waals surface area contributed by atoms with E-state index in [1.807, 2.05) is 0 Å². The van der Waals surface area contributed by atoms with E-state index in [0.717, 1.165) is 5.92 Å². The van der Waals surface area contributed by atoms with Crippen LogP contribution in [0.3, 0.4) is 0 Å². The minimum absolute atomic E-state index is 0. The maximum Gasteiger partial charge on any atom is 0.0285 e. The fourth-order valence-electron chi connectivity index (χ4n) is 3.00. The first kappa shape index (κ1) is 11.2. The zero-order chi connectivity index (χ0) is 9.38. The van der Waals surface area contributed by atoms with E-state index in [1.165, 1.54) is 32.2 Å². The Morgan fingerprint density at radius 2 is 2.13 bits per heavy atom. The molecule has 0 bridgehead atoms. The summed E-state index contributed by atoms with van der Waals surface area (Å²) in [6, 6.07) is 0.700. The summed E-state index contributed by atoms with van der Waals surface area (Å²) in [5.74, 6) is 0.728. The van der Waals surface area contributed by atoms with E-state index in [1.54, 1.807) is 11.1 Å².